The summed E-state index contributed by atoms with van der Waals surface area (Å²) in [6.07, 6.45) is 1.41. The van der Waals surface area contributed by atoms with Crippen molar-refractivity contribution in [1.82, 2.24) is 0 Å². The largest absolute Gasteiger partial charge is 0.481 e. The Labute approximate surface area is 93.9 Å². The van der Waals surface area contributed by atoms with Crippen LogP contribution in [0.2, 0.25) is 5.02 Å². The third kappa shape index (κ3) is 4.32. The summed E-state index contributed by atoms with van der Waals surface area (Å²) in [4.78, 5) is 10.3. The lowest BCUT2D eigenvalue weighted by atomic mass is 10.0. The molecule has 0 aliphatic carbocycles. The SMILES string of the molecule is NC(CCCC(=O)O)c1cccc(Cl)c1. The van der Waals surface area contributed by atoms with Gasteiger partial charge < -0.3 is 10.8 Å². The normalized spacial score (nSPS) is 12.4. The highest BCUT2D eigenvalue weighted by atomic mass is 35.5. The van der Waals surface area contributed by atoms with E-state index < -0.39 is 5.97 Å². The van der Waals surface area contributed by atoms with Gasteiger partial charge in [0.15, 0.2) is 0 Å². The van der Waals surface area contributed by atoms with Crippen LogP contribution in [0.4, 0.5) is 0 Å². The summed E-state index contributed by atoms with van der Waals surface area (Å²) in [6.45, 7) is 0. The number of nitrogens with two attached hydrogens (primary N) is 1. The molecular weight excluding hydrogens is 214 g/mol. The van der Waals surface area contributed by atoms with E-state index in [0.717, 1.165) is 5.56 Å². The monoisotopic (exact) mass is 227 g/mol. The molecule has 3 nitrogen and oxygen atoms in total. The highest BCUT2D eigenvalue weighted by Crippen LogP contribution is 2.19. The van der Waals surface area contributed by atoms with E-state index in [1.165, 1.54) is 0 Å². The fourth-order valence-electron chi connectivity index (χ4n) is 1.38. The van der Waals surface area contributed by atoms with Crippen LogP contribution in [0.3, 0.4) is 0 Å². The Balaban J connectivity index is 2.46. The Kier molecular flexibility index (Phi) is 4.59. The van der Waals surface area contributed by atoms with E-state index in [0.29, 0.717) is 17.9 Å². The molecular formula is C11H14ClNO2. The van der Waals surface area contributed by atoms with Gasteiger partial charge in [0.25, 0.3) is 0 Å². The summed E-state index contributed by atoms with van der Waals surface area (Å²) in [7, 11) is 0. The molecule has 0 bridgehead atoms. The van der Waals surface area contributed by atoms with Gasteiger partial charge in [-0.3, -0.25) is 4.79 Å². The fraction of sp³-hybridized carbons (Fsp3) is 0.364. The number of rotatable bonds is 5. The molecule has 0 aromatic heterocycles. The van der Waals surface area contributed by atoms with Gasteiger partial charge >= 0.3 is 5.97 Å². The van der Waals surface area contributed by atoms with E-state index in [4.69, 9.17) is 22.4 Å². The summed E-state index contributed by atoms with van der Waals surface area (Å²) in [6, 6.07) is 7.21. The van der Waals surface area contributed by atoms with Crippen molar-refractivity contribution in [2.45, 2.75) is 25.3 Å². The molecule has 1 unspecified atom stereocenters. The van der Waals surface area contributed by atoms with E-state index in [1.54, 1.807) is 6.07 Å². The second kappa shape index (κ2) is 5.73. The first-order chi connectivity index (χ1) is 7.09. The maximum atomic E-state index is 10.3. The number of hydrogen-bond acceptors (Lipinski definition) is 2. The second-order valence-electron chi connectivity index (χ2n) is 3.45. The lowest BCUT2D eigenvalue weighted by Crippen LogP contribution is -2.10. The Morgan fingerprint density at radius 2 is 2.27 bits per heavy atom. The van der Waals surface area contributed by atoms with E-state index in [-0.39, 0.29) is 12.5 Å². The molecule has 82 valence electrons. The second-order valence-corrected chi connectivity index (χ2v) is 3.88. The van der Waals surface area contributed by atoms with Crippen LogP contribution in [0.5, 0.6) is 0 Å². The predicted octanol–water partition coefficient (Wildman–Crippen LogP) is 2.59. The standard InChI is InChI=1S/C11H14ClNO2/c12-9-4-1-3-8(7-9)10(13)5-2-6-11(14)15/h1,3-4,7,10H,2,5-6,13H2,(H,14,15). The van der Waals surface area contributed by atoms with Crippen LogP contribution in [0.1, 0.15) is 30.9 Å². The minimum Gasteiger partial charge on any atom is -0.481 e. The molecule has 1 atom stereocenters. The van der Waals surface area contributed by atoms with Gasteiger partial charge in [-0.2, -0.15) is 0 Å². The summed E-state index contributed by atoms with van der Waals surface area (Å²) in [5.74, 6) is -0.784. The molecule has 0 fully saturated rings. The third-order valence-corrected chi connectivity index (χ3v) is 2.42. The van der Waals surface area contributed by atoms with Crippen LogP contribution in [0, 0.1) is 0 Å². The molecule has 0 spiro atoms. The summed E-state index contributed by atoms with van der Waals surface area (Å²) in [5.41, 5.74) is 6.85. The van der Waals surface area contributed by atoms with E-state index in [1.807, 2.05) is 18.2 Å². The van der Waals surface area contributed by atoms with Crippen molar-refractivity contribution in [3.05, 3.63) is 34.9 Å². The number of carboxylic acid groups (broad SMARTS) is 1. The quantitative estimate of drug-likeness (QED) is 0.813. The zero-order chi connectivity index (χ0) is 11.3. The lowest BCUT2D eigenvalue weighted by Gasteiger charge is -2.11. The summed E-state index contributed by atoms with van der Waals surface area (Å²) < 4.78 is 0. The van der Waals surface area contributed by atoms with Crippen LogP contribution < -0.4 is 5.73 Å². The third-order valence-electron chi connectivity index (χ3n) is 2.18. The number of carboxylic acids is 1. The summed E-state index contributed by atoms with van der Waals surface area (Å²) in [5, 5.41) is 9.13. The highest BCUT2D eigenvalue weighted by Gasteiger charge is 2.07. The molecule has 0 saturated carbocycles. The molecule has 0 aliphatic rings. The first kappa shape index (κ1) is 12.0. The van der Waals surface area contributed by atoms with E-state index >= 15 is 0 Å². The van der Waals surface area contributed by atoms with Crippen molar-refractivity contribution < 1.29 is 9.90 Å². The highest BCUT2D eigenvalue weighted by molar-refractivity contribution is 6.30. The average molecular weight is 228 g/mol. The number of benzene rings is 1. The van der Waals surface area contributed by atoms with Crippen molar-refractivity contribution in [2.75, 3.05) is 0 Å². The molecule has 0 saturated heterocycles. The fourth-order valence-corrected chi connectivity index (χ4v) is 1.58. The minimum atomic E-state index is -0.784. The predicted molar refractivity (Wildman–Crippen MR) is 59.9 cm³/mol. The zero-order valence-electron chi connectivity index (χ0n) is 8.32. The van der Waals surface area contributed by atoms with Crippen molar-refractivity contribution in [2.24, 2.45) is 5.73 Å². The number of aliphatic carboxylic acids is 1. The van der Waals surface area contributed by atoms with Crippen LogP contribution >= 0.6 is 11.6 Å². The van der Waals surface area contributed by atoms with Gasteiger partial charge in [-0.05, 0) is 30.5 Å². The number of halogens is 1. The number of carbonyl (C=O) groups is 1. The molecule has 4 heteroatoms. The van der Waals surface area contributed by atoms with Gasteiger partial charge in [0, 0.05) is 17.5 Å². The van der Waals surface area contributed by atoms with E-state index in [2.05, 4.69) is 0 Å². The molecule has 3 N–H and O–H groups in total. The lowest BCUT2D eigenvalue weighted by molar-refractivity contribution is -0.137. The molecule has 1 aromatic rings. The van der Waals surface area contributed by atoms with Gasteiger partial charge in [0.05, 0.1) is 0 Å². The topological polar surface area (TPSA) is 63.3 Å². The molecule has 15 heavy (non-hydrogen) atoms. The molecule has 1 rings (SSSR count). The maximum Gasteiger partial charge on any atom is 0.303 e. The minimum absolute atomic E-state index is 0.136. The molecule has 0 heterocycles. The average Bonchev–Trinajstić information content (AvgIpc) is 2.17. The summed E-state index contributed by atoms with van der Waals surface area (Å²) >= 11 is 5.82. The van der Waals surface area contributed by atoms with Gasteiger partial charge in [-0.25, -0.2) is 0 Å². The Bertz CT molecular complexity index is 341. The van der Waals surface area contributed by atoms with Gasteiger partial charge in [0.1, 0.15) is 0 Å². The Morgan fingerprint density at radius 3 is 2.87 bits per heavy atom. The van der Waals surface area contributed by atoms with E-state index in [9.17, 15) is 4.79 Å². The van der Waals surface area contributed by atoms with Gasteiger partial charge in [-0.15, -0.1) is 0 Å². The molecule has 0 amide bonds. The maximum absolute atomic E-state index is 10.3. The van der Waals surface area contributed by atoms with Crippen LogP contribution in [-0.4, -0.2) is 11.1 Å². The van der Waals surface area contributed by atoms with Crippen molar-refractivity contribution in [1.29, 1.82) is 0 Å². The molecule has 1 aromatic carbocycles. The van der Waals surface area contributed by atoms with Crippen LogP contribution in [0.25, 0.3) is 0 Å². The number of hydrogen-bond donors (Lipinski definition) is 2. The van der Waals surface area contributed by atoms with Crippen LogP contribution in [-0.2, 0) is 4.79 Å². The van der Waals surface area contributed by atoms with Crippen molar-refractivity contribution in [3.63, 3.8) is 0 Å². The van der Waals surface area contributed by atoms with Gasteiger partial charge in [0.2, 0.25) is 0 Å². The molecule has 0 aliphatic heterocycles. The Morgan fingerprint density at radius 1 is 1.53 bits per heavy atom. The van der Waals surface area contributed by atoms with Gasteiger partial charge in [-0.1, -0.05) is 23.7 Å². The Hall–Kier alpha value is -1.06. The molecule has 0 radical (unpaired) electrons. The zero-order valence-corrected chi connectivity index (χ0v) is 9.07. The first-order valence-electron chi connectivity index (χ1n) is 4.82. The first-order valence-corrected chi connectivity index (χ1v) is 5.20. The van der Waals surface area contributed by atoms with Crippen molar-refractivity contribution >= 4 is 17.6 Å². The van der Waals surface area contributed by atoms with Crippen LogP contribution in [0.15, 0.2) is 24.3 Å². The van der Waals surface area contributed by atoms with Crippen molar-refractivity contribution in [3.8, 4) is 0 Å². The smallest absolute Gasteiger partial charge is 0.303 e.